The summed E-state index contributed by atoms with van der Waals surface area (Å²) < 4.78 is 1.63. The summed E-state index contributed by atoms with van der Waals surface area (Å²) in [6, 6.07) is 4.90. The van der Waals surface area contributed by atoms with Crippen LogP contribution in [0.1, 0.15) is 24.4 Å². The summed E-state index contributed by atoms with van der Waals surface area (Å²) in [6.07, 6.45) is 1.46. The Bertz CT molecular complexity index is 673. The van der Waals surface area contributed by atoms with E-state index in [9.17, 15) is 4.79 Å². The highest BCUT2D eigenvalue weighted by atomic mass is 35.5. The van der Waals surface area contributed by atoms with Crippen molar-refractivity contribution in [1.29, 1.82) is 0 Å². The molecule has 0 saturated heterocycles. The van der Waals surface area contributed by atoms with Crippen molar-refractivity contribution in [3.63, 3.8) is 0 Å². The number of aromatic nitrogens is 3. The first kappa shape index (κ1) is 16.6. The lowest BCUT2D eigenvalue weighted by Gasteiger charge is -2.21. The first-order valence-corrected chi connectivity index (χ1v) is 7.43. The second-order valence-electron chi connectivity index (χ2n) is 5.00. The fraction of sp³-hybridized carbons (Fsp3) is 0.357. The number of rotatable bonds is 4. The van der Waals surface area contributed by atoms with E-state index in [1.165, 1.54) is 11.2 Å². The van der Waals surface area contributed by atoms with E-state index in [4.69, 9.17) is 23.2 Å². The maximum Gasteiger partial charge on any atom is 0.318 e. The summed E-state index contributed by atoms with van der Waals surface area (Å²) in [5.74, 6) is 0.708. The predicted octanol–water partition coefficient (Wildman–Crippen LogP) is 3.02. The molecule has 0 saturated carbocycles. The van der Waals surface area contributed by atoms with Gasteiger partial charge in [-0.05, 0) is 24.6 Å². The van der Waals surface area contributed by atoms with E-state index in [1.54, 1.807) is 30.9 Å². The Morgan fingerprint density at radius 2 is 2.14 bits per heavy atom. The van der Waals surface area contributed by atoms with Crippen LogP contribution < -0.4 is 5.32 Å². The summed E-state index contributed by atoms with van der Waals surface area (Å²) in [5.41, 5.74) is 0.884. The molecule has 2 amide bonds. The zero-order chi connectivity index (χ0) is 16.3. The van der Waals surface area contributed by atoms with Crippen LogP contribution in [0.2, 0.25) is 10.0 Å². The molecule has 2 aromatic rings. The molecule has 22 heavy (non-hydrogen) atoms. The van der Waals surface area contributed by atoms with Crippen LogP contribution in [0.25, 0.3) is 0 Å². The molecule has 8 heteroatoms. The Balaban J connectivity index is 1.98. The molecule has 0 bridgehead atoms. The number of nitrogens with zero attached hydrogens (tertiary/aromatic N) is 4. The average Bonchev–Trinajstić information content (AvgIpc) is 2.87. The van der Waals surface area contributed by atoms with E-state index < -0.39 is 0 Å². The van der Waals surface area contributed by atoms with Gasteiger partial charge in [0.05, 0.1) is 22.6 Å². The van der Waals surface area contributed by atoms with E-state index in [-0.39, 0.29) is 12.1 Å². The van der Waals surface area contributed by atoms with Crippen LogP contribution in [0.4, 0.5) is 4.79 Å². The summed E-state index contributed by atoms with van der Waals surface area (Å²) in [5, 5.41) is 7.83. The molecule has 1 aromatic carbocycles. The molecule has 0 aliphatic rings. The SMILES string of the molecule is CC(NC(=O)N(C)Cc1ncnn1C)c1ccc(Cl)c(Cl)c1. The van der Waals surface area contributed by atoms with E-state index in [0.717, 1.165) is 5.56 Å². The minimum absolute atomic E-state index is 0.191. The highest BCUT2D eigenvalue weighted by Crippen LogP contribution is 2.25. The molecule has 1 aromatic heterocycles. The van der Waals surface area contributed by atoms with Crippen LogP contribution in [0.5, 0.6) is 0 Å². The number of carbonyl (C=O) groups is 1. The van der Waals surface area contributed by atoms with Gasteiger partial charge in [-0.1, -0.05) is 29.3 Å². The van der Waals surface area contributed by atoms with Crippen molar-refractivity contribution in [3.05, 3.63) is 46.0 Å². The third kappa shape index (κ3) is 3.90. The van der Waals surface area contributed by atoms with Crippen molar-refractivity contribution in [3.8, 4) is 0 Å². The lowest BCUT2D eigenvalue weighted by Crippen LogP contribution is -2.38. The Labute approximate surface area is 139 Å². The van der Waals surface area contributed by atoms with Crippen molar-refractivity contribution in [2.75, 3.05) is 7.05 Å². The monoisotopic (exact) mass is 341 g/mol. The zero-order valence-electron chi connectivity index (χ0n) is 12.5. The van der Waals surface area contributed by atoms with Crippen molar-refractivity contribution in [2.45, 2.75) is 19.5 Å². The summed E-state index contributed by atoms with van der Waals surface area (Å²) in [6.45, 7) is 2.25. The molecule has 0 radical (unpaired) electrons. The number of benzene rings is 1. The van der Waals surface area contributed by atoms with Gasteiger partial charge in [0.2, 0.25) is 0 Å². The van der Waals surface area contributed by atoms with Crippen molar-refractivity contribution >= 4 is 29.2 Å². The molecular weight excluding hydrogens is 325 g/mol. The molecule has 1 atom stereocenters. The predicted molar refractivity (Wildman–Crippen MR) is 85.9 cm³/mol. The van der Waals surface area contributed by atoms with Gasteiger partial charge in [0.15, 0.2) is 0 Å². The third-order valence-electron chi connectivity index (χ3n) is 3.31. The molecule has 6 nitrogen and oxygen atoms in total. The molecule has 2 rings (SSSR count). The number of aryl methyl sites for hydroxylation is 1. The summed E-state index contributed by atoms with van der Waals surface area (Å²) >= 11 is 11.9. The van der Waals surface area contributed by atoms with Gasteiger partial charge in [0, 0.05) is 14.1 Å². The van der Waals surface area contributed by atoms with Crippen molar-refractivity contribution in [1.82, 2.24) is 25.0 Å². The molecule has 0 fully saturated rings. The Kier molecular flexibility index (Phi) is 5.26. The van der Waals surface area contributed by atoms with Crippen molar-refractivity contribution in [2.24, 2.45) is 7.05 Å². The number of urea groups is 1. The van der Waals surface area contributed by atoms with E-state index in [1.807, 2.05) is 13.0 Å². The molecule has 1 N–H and O–H groups in total. The van der Waals surface area contributed by atoms with Gasteiger partial charge in [-0.25, -0.2) is 9.78 Å². The van der Waals surface area contributed by atoms with Crippen molar-refractivity contribution < 1.29 is 4.79 Å². The van der Waals surface area contributed by atoms with Crippen LogP contribution in [0.3, 0.4) is 0 Å². The molecule has 118 valence electrons. The quantitative estimate of drug-likeness (QED) is 0.929. The van der Waals surface area contributed by atoms with Crippen LogP contribution in [0, 0.1) is 0 Å². The lowest BCUT2D eigenvalue weighted by molar-refractivity contribution is 0.202. The number of amides is 2. The minimum Gasteiger partial charge on any atom is -0.331 e. The number of hydrogen-bond acceptors (Lipinski definition) is 3. The van der Waals surface area contributed by atoms with Crippen LogP contribution in [-0.4, -0.2) is 32.7 Å². The maximum absolute atomic E-state index is 12.2. The van der Waals surface area contributed by atoms with Gasteiger partial charge in [0.1, 0.15) is 12.2 Å². The topological polar surface area (TPSA) is 63.1 Å². The normalized spacial score (nSPS) is 12.0. The summed E-state index contributed by atoms with van der Waals surface area (Å²) in [7, 11) is 3.48. The zero-order valence-corrected chi connectivity index (χ0v) is 14.1. The molecular formula is C14H17Cl2N5O. The Hall–Kier alpha value is -1.79. The van der Waals surface area contributed by atoms with E-state index >= 15 is 0 Å². The second kappa shape index (κ2) is 6.98. The maximum atomic E-state index is 12.2. The van der Waals surface area contributed by atoms with E-state index in [2.05, 4.69) is 15.4 Å². The minimum atomic E-state index is -0.207. The van der Waals surface area contributed by atoms with Crippen LogP contribution in [-0.2, 0) is 13.6 Å². The van der Waals surface area contributed by atoms with Crippen LogP contribution >= 0.6 is 23.2 Å². The molecule has 0 spiro atoms. The standard InChI is InChI=1S/C14H17Cl2N5O/c1-9(10-4-5-11(15)12(16)6-10)19-14(22)20(2)7-13-17-8-18-21(13)3/h4-6,8-9H,7H2,1-3H3,(H,19,22). The van der Waals surface area contributed by atoms with Crippen LogP contribution in [0.15, 0.2) is 24.5 Å². The van der Waals surface area contributed by atoms with Gasteiger partial charge in [0.25, 0.3) is 0 Å². The average molecular weight is 342 g/mol. The Morgan fingerprint density at radius 3 is 2.73 bits per heavy atom. The number of nitrogens with one attached hydrogen (secondary N) is 1. The molecule has 0 aliphatic carbocycles. The second-order valence-corrected chi connectivity index (χ2v) is 5.82. The Morgan fingerprint density at radius 1 is 1.41 bits per heavy atom. The summed E-state index contributed by atoms with van der Waals surface area (Å²) in [4.78, 5) is 17.8. The highest BCUT2D eigenvalue weighted by Gasteiger charge is 2.16. The lowest BCUT2D eigenvalue weighted by atomic mass is 10.1. The fourth-order valence-electron chi connectivity index (χ4n) is 1.91. The fourth-order valence-corrected chi connectivity index (χ4v) is 2.21. The highest BCUT2D eigenvalue weighted by molar-refractivity contribution is 6.42. The van der Waals surface area contributed by atoms with Gasteiger partial charge in [-0.2, -0.15) is 5.10 Å². The molecule has 0 aliphatic heterocycles. The third-order valence-corrected chi connectivity index (χ3v) is 4.05. The van der Waals surface area contributed by atoms with Gasteiger partial charge in [-0.3, -0.25) is 4.68 Å². The number of hydrogen-bond donors (Lipinski definition) is 1. The number of carbonyl (C=O) groups excluding carboxylic acids is 1. The van der Waals surface area contributed by atoms with Gasteiger partial charge in [-0.15, -0.1) is 0 Å². The largest absolute Gasteiger partial charge is 0.331 e. The first-order valence-electron chi connectivity index (χ1n) is 6.68. The first-order chi connectivity index (χ1) is 10.4. The number of halogens is 2. The smallest absolute Gasteiger partial charge is 0.318 e. The van der Waals surface area contributed by atoms with E-state index in [0.29, 0.717) is 22.4 Å². The molecule has 1 heterocycles. The molecule has 1 unspecified atom stereocenters. The van der Waals surface area contributed by atoms with Gasteiger partial charge >= 0.3 is 6.03 Å². The van der Waals surface area contributed by atoms with Gasteiger partial charge < -0.3 is 10.2 Å².